The predicted octanol–water partition coefficient (Wildman–Crippen LogP) is 3.79. The van der Waals surface area contributed by atoms with Crippen molar-refractivity contribution in [2.45, 2.75) is 39.7 Å². The molecule has 0 unspecified atom stereocenters. The number of carboxylic acids is 1. The highest BCUT2D eigenvalue weighted by molar-refractivity contribution is 5.87. The minimum Gasteiger partial charge on any atom is -0.477 e. The number of tetrazole rings is 1. The number of carbonyl (C=O) groups is 1. The number of rotatable bonds is 8. The molecule has 0 bridgehead atoms. The second-order valence-electron chi connectivity index (χ2n) is 7.29. The minimum atomic E-state index is -0.932. The molecule has 1 N–H and O–H groups in total. The summed E-state index contributed by atoms with van der Waals surface area (Å²) in [6, 6.07) is 16.0. The van der Waals surface area contributed by atoms with E-state index in [1.807, 2.05) is 60.0 Å². The van der Waals surface area contributed by atoms with E-state index in [1.54, 1.807) is 11.0 Å². The number of aryl methyl sites for hydroxylation is 2. The molecule has 0 amide bonds. The largest absolute Gasteiger partial charge is 0.477 e. The van der Waals surface area contributed by atoms with E-state index in [0.717, 1.165) is 41.0 Å². The molecule has 31 heavy (non-hydrogen) atoms. The third-order valence-corrected chi connectivity index (χ3v) is 5.24. The lowest BCUT2D eigenvalue weighted by Crippen LogP contribution is -2.13. The smallest absolute Gasteiger partial charge is 0.354 e. The Kier molecular flexibility index (Phi) is 5.88. The molecule has 2 heterocycles. The molecule has 0 aliphatic rings. The summed E-state index contributed by atoms with van der Waals surface area (Å²) in [6.45, 7) is 4.48. The van der Waals surface area contributed by atoms with Crippen LogP contribution in [0.5, 0.6) is 0 Å². The molecule has 0 atom stereocenters. The van der Waals surface area contributed by atoms with Crippen molar-refractivity contribution in [2.75, 3.05) is 0 Å². The molecule has 2 aromatic carbocycles. The van der Waals surface area contributed by atoms with Gasteiger partial charge in [-0.2, -0.15) is 4.68 Å². The molecule has 0 fully saturated rings. The van der Waals surface area contributed by atoms with Crippen molar-refractivity contribution < 1.29 is 9.90 Å². The van der Waals surface area contributed by atoms with E-state index >= 15 is 0 Å². The van der Waals surface area contributed by atoms with Crippen LogP contribution < -0.4 is 0 Å². The summed E-state index contributed by atoms with van der Waals surface area (Å²) in [6.07, 6.45) is 3.82. The van der Waals surface area contributed by atoms with E-state index < -0.39 is 5.97 Å². The van der Waals surface area contributed by atoms with Gasteiger partial charge >= 0.3 is 5.97 Å². The molecular formula is C23H24N6O2. The van der Waals surface area contributed by atoms with E-state index in [4.69, 9.17) is 0 Å². The van der Waals surface area contributed by atoms with Gasteiger partial charge in [-0.05, 0) is 40.5 Å². The lowest BCUT2D eigenvalue weighted by atomic mass is 10.0. The zero-order valence-electron chi connectivity index (χ0n) is 17.6. The van der Waals surface area contributed by atoms with Crippen LogP contribution in [0, 0.1) is 0 Å². The number of aromatic nitrogens is 6. The van der Waals surface area contributed by atoms with Crippen molar-refractivity contribution in [3.63, 3.8) is 0 Å². The molecular weight excluding hydrogens is 392 g/mol. The van der Waals surface area contributed by atoms with Gasteiger partial charge in [-0.3, -0.25) is 0 Å². The summed E-state index contributed by atoms with van der Waals surface area (Å²) >= 11 is 0. The van der Waals surface area contributed by atoms with Crippen LogP contribution in [-0.4, -0.2) is 40.8 Å². The molecule has 0 saturated carbocycles. The van der Waals surface area contributed by atoms with Crippen molar-refractivity contribution >= 4 is 5.97 Å². The summed E-state index contributed by atoms with van der Waals surface area (Å²) in [5.74, 6) is -0.108. The highest BCUT2D eigenvalue weighted by Crippen LogP contribution is 2.27. The Balaban J connectivity index is 1.67. The highest BCUT2D eigenvalue weighted by Gasteiger charge is 2.21. The Morgan fingerprint density at radius 3 is 2.48 bits per heavy atom. The van der Waals surface area contributed by atoms with E-state index in [0.29, 0.717) is 24.4 Å². The van der Waals surface area contributed by atoms with Gasteiger partial charge in [0.2, 0.25) is 0 Å². The van der Waals surface area contributed by atoms with Crippen LogP contribution in [0.25, 0.3) is 16.8 Å². The Morgan fingerprint density at radius 1 is 1.06 bits per heavy atom. The first-order valence-corrected chi connectivity index (χ1v) is 10.4. The zero-order valence-corrected chi connectivity index (χ0v) is 17.6. The SMILES string of the molecule is CCCc1nc(CC)c(C(=O)O)n1Cc1ccc(-c2ccccc2-n2cnnn2)cc1. The number of hydrogen-bond donors (Lipinski definition) is 1. The number of carboxylic acid groups (broad SMARTS) is 1. The number of nitrogens with zero attached hydrogens (tertiary/aromatic N) is 6. The molecule has 4 aromatic rings. The molecule has 8 heteroatoms. The third kappa shape index (κ3) is 4.09. The molecule has 158 valence electrons. The first-order chi connectivity index (χ1) is 15.1. The molecule has 2 aromatic heterocycles. The van der Waals surface area contributed by atoms with Crippen molar-refractivity contribution in [3.05, 3.63) is 77.6 Å². The Morgan fingerprint density at radius 2 is 1.84 bits per heavy atom. The summed E-state index contributed by atoms with van der Waals surface area (Å²) in [4.78, 5) is 16.5. The molecule has 0 radical (unpaired) electrons. The Bertz CT molecular complexity index is 1180. The quantitative estimate of drug-likeness (QED) is 0.469. The van der Waals surface area contributed by atoms with Crippen molar-refractivity contribution in [3.8, 4) is 16.8 Å². The second-order valence-corrected chi connectivity index (χ2v) is 7.29. The second kappa shape index (κ2) is 8.91. The van der Waals surface area contributed by atoms with Crippen LogP contribution in [0.4, 0.5) is 0 Å². The number of hydrogen-bond acceptors (Lipinski definition) is 5. The van der Waals surface area contributed by atoms with Crippen molar-refractivity contribution in [1.29, 1.82) is 0 Å². The van der Waals surface area contributed by atoms with Crippen molar-refractivity contribution in [1.82, 2.24) is 29.8 Å². The molecule has 0 aliphatic heterocycles. The fourth-order valence-corrected chi connectivity index (χ4v) is 3.79. The van der Waals surface area contributed by atoms with Crippen LogP contribution in [0.3, 0.4) is 0 Å². The maximum Gasteiger partial charge on any atom is 0.354 e. The number of aromatic carboxylic acids is 1. The average Bonchev–Trinajstić information content (AvgIpc) is 3.43. The van der Waals surface area contributed by atoms with Crippen LogP contribution >= 0.6 is 0 Å². The lowest BCUT2D eigenvalue weighted by Gasteiger charge is -2.12. The van der Waals surface area contributed by atoms with Crippen LogP contribution in [0.1, 0.15) is 47.8 Å². The standard InChI is InChI=1S/C23H24N6O2/c1-3-7-21-25-19(4-2)22(23(30)31)28(21)14-16-10-12-17(13-11-16)18-8-5-6-9-20(18)29-15-24-26-27-29/h5-6,8-13,15H,3-4,7,14H2,1-2H3,(H,30,31). The van der Waals surface area contributed by atoms with Gasteiger partial charge in [0.05, 0.1) is 11.4 Å². The fraction of sp³-hybridized carbons (Fsp3) is 0.261. The van der Waals surface area contributed by atoms with Crippen LogP contribution in [0.2, 0.25) is 0 Å². The summed E-state index contributed by atoms with van der Waals surface area (Å²) in [5, 5.41) is 21.2. The Labute approximate surface area is 180 Å². The fourth-order valence-electron chi connectivity index (χ4n) is 3.79. The van der Waals surface area contributed by atoms with Gasteiger partial charge in [0, 0.05) is 18.5 Å². The van der Waals surface area contributed by atoms with Gasteiger partial charge < -0.3 is 9.67 Å². The number of para-hydroxylation sites is 1. The third-order valence-electron chi connectivity index (χ3n) is 5.24. The van der Waals surface area contributed by atoms with Crippen LogP contribution in [-0.2, 0) is 19.4 Å². The first kappa shape index (κ1) is 20.5. The maximum atomic E-state index is 11.9. The number of imidazole rings is 1. The van der Waals surface area contributed by atoms with Gasteiger partial charge in [-0.15, -0.1) is 5.10 Å². The first-order valence-electron chi connectivity index (χ1n) is 10.4. The van der Waals surface area contributed by atoms with E-state index in [1.165, 1.54) is 0 Å². The van der Waals surface area contributed by atoms with Gasteiger partial charge in [0.1, 0.15) is 12.2 Å². The highest BCUT2D eigenvalue weighted by atomic mass is 16.4. The minimum absolute atomic E-state index is 0.291. The molecule has 0 saturated heterocycles. The topological polar surface area (TPSA) is 98.7 Å². The predicted molar refractivity (Wildman–Crippen MR) is 116 cm³/mol. The average molecular weight is 416 g/mol. The van der Waals surface area contributed by atoms with Crippen molar-refractivity contribution in [2.24, 2.45) is 0 Å². The van der Waals surface area contributed by atoms with Gasteiger partial charge in [0.15, 0.2) is 5.69 Å². The summed E-state index contributed by atoms with van der Waals surface area (Å²) in [5.41, 5.74) is 4.88. The van der Waals surface area contributed by atoms with E-state index in [2.05, 4.69) is 27.4 Å². The molecule has 0 spiro atoms. The Hall–Kier alpha value is -3.81. The zero-order chi connectivity index (χ0) is 21.8. The summed E-state index contributed by atoms with van der Waals surface area (Å²) in [7, 11) is 0. The lowest BCUT2D eigenvalue weighted by molar-refractivity contribution is 0.0684. The van der Waals surface area contributed by atoms with Crippen LogP contribution in [0.15, 0.2) is 54.9 Å². The van der Waals surface area contributed by atoms with E-state index in [-0.39, 0.29) is 0 Å². The normalized spacial score (nSPS) is 11.0. The van der Waals surface area contributed by atoms with Gasteiger partial charge in [0.25, 0.3) is 0 Å². The van der Waals surface area contributed by atoms with Gasteiger partial charge in [-0.25, -0.2) is 9.78 Å². The maximum absolute atomic E-state index is 11.9. The van der Waals surface area contributed by atoms with Gasteiger partial charge in [-0.1, -0.05) is 56.3 Å². The summed E-state index contributed by atoms with van der Waals surface area (Å²) < 4.78 is 3.48. The molecule has 4 rings (SSSR count). The molecule has 0 aliphatic carbocycles. The monoisotopic (exact) mass is 416 g/mol. The number of benzene rings is 2. The molecule has 8 nitrogen and oxygen atoms in total. The van der Waals surface area contributed by atoms with E-state index in [9.17, 15) is 9.90 Å².